The molecule has 2 aliphatic rings. The summed E-state index contributed by atoms with van der Waals surface area (Å²) in [6.45, 7) is 3.80. The summed E-state index contributed by atoms with van der Waals surface area (Å²) in [7, 11) is 0. The number of nitrogens with zero attached hydrogens (tertiary/aromatic N) is 1. The molecule has 1 fully saturated rings. The lowest BCUT2D eigenvalue weighted by Crippen LogP contribution is -2.59. The molecule has 2 aliphatic heterocycles. The minimum Gasteiger partial charge on any atom is -0.489 e. The van der Waals surface area contributed by atoms with Crippen molar-refractivity contribution < 1.29 is 23.8 Å². The Morgan fingerprint density at radius 2 is 1.94 bits per heavy atom. The van der Waals surface area contributed by atoms with Gasteiger partial charge in [-0.1, -0.05) is 54.1 Å². The van der Waals surface area contributed by atoms with E-state index in [1.54, 1.807) is 19.1 Å². The highest BCUT2D eigenvalue weighted by atomic mass is 35.5. The summed E-state index contributed by atoms with van der Waals surface area (Å²) in [5.41, 5.74) is 3.44. The molecule has 35 heavy (non-hydrogen) atoms. The van der Waals surface area contributed by atoms with Crippen LogP contribution in [0.1, 0.15) is 18.1 Å². The zero-order valence-corrected chi connectivity index (χ0v) is 20.0. The molecule has 0 unspecified atom stereocenters. The van der Waals surface area contributed by atoms with E-state index < -0.39 is 17.2 Å². The predicted molar refractivity (Wildman–Crippen MR) is 133 cm³/mol. The van der Waals surface area contributed by atoms with E-state index in [2.05, 4.69) is 0 Å². The van der Waals surface area contributed by atoms with Gasteiger partial charge >= 0.3 is 5.97 Å². The fourth-order valence-electron chi connectivity index (χ4n) is 4.56. The summed E-state index contributed by atoms with van der Waals surface area (Å²) in [4.78, 5) is 13.3. The second-order valence-corrected chi connectivity index (χ2v) is 9.80. The van der Waals surface area contributed by atoms with E-state index in [0.717, 1.165) is 22.3 Å². The lowest BCUT2D eigenvalue weighted by atomic mass is 9.82. The van der Waals surface area contributed by atoms with E-state index in [1.807, 2.05) is 53.4 Å². The van der Waals surface area contributed by atoms with Crippen molar-refractivity contribution in [1.29, 1.82) is 0 Å². The Morgan fingerprint density at radius 1 is 1.17 bits per heavy atom. The number of ether oxygens (including phenoxy) is 2. The van der Waals surface area contributed by atoms with Crippen molar-refractivity contribution in [2.45, 2.75) is 13.5 Å². The molecule has 3 aromatic carbocycles. The summed E-state index contributed by atoms with van der Waals surface area (Å²) in [6.07, 6.45) is 1.79. The molecule has 0 aromatic heterocycles. The van der Waals surface area contributed by atoms with E-state index in [0.29, 0.717) is 48.3 Å². The fourth-order valence-corrected chi connectivity index (χ4v) is 4.87. The van der Waals surface area contributed by atoms with Crippen LogP contribution in [0.15, 0.2) is 66.2 Å². The smallest absolute Gasteiger partial charge is 0.311 e. The van der Waals surface area contributed by atoms with Gasteiger partial charge in [0.05, 0.1) is 11.0 Å². The topological polar surface area (TPSA) is 59.0 Å². The summed E-state index contributed by atoms with van der Waals surface area (Å²) in [6, 6.07) is 18.7. The first-order chi connectivity index (χ1) is 16.8. The summed E-state index contributed by atoms with van der Waals surface area (Å²) in [5.74, 6) is -0.409. The molecule has 180 valence electrons. The number of fused-ring (bicyclic) bond motifs is 1. The molecule has 0 radical (unpaired) electrons. The zero-order chi connectivity index (χ0) is 24.6. The second-order valence-electron chi connectivity index (χ2n) is 9.39. The third-order valence-electron chi connectivity index (χ3n) is 6.44. The van der Waals surface area contributed by atoms with E-state index in [9.17, 15) is 14.3 Å². The van der Waals surface area contributed by atoms with Gasteiger partial charge in [0.2, 0.25) is 0 Å². The summed E-state index contributed by atoms with van der Waals surface area (Å²) in [5, 5.41) is 9.89. The molecule has 0 atom stereocenters. The summed E-state index contributed by atoms with van der Waals surface area (Å²) >= 11 is 6.49. The van der Waals surface area contributed by atoms with Crippen LogP contribution >= 0.6 is 11.6 Å². The zero-order valence-electron chi connectivity index (χ0n) is 19.3. The average Bonchev–Trinajstić information content (AvgIpc) is 2.82. The highest BCUT2D eigenvalue weighted by Crippen LogP contribution is 2.36. The Morgan fingerprint density at radius 3 is 2.66 bits per heavy atom. The van der Waals surface area contributed by atoms with Gasteiger partial charge in [-0.15, -0.1) is 0 Å². The van der Waals surface area contributed by atoms with E-state index in [4.69, 9.17) is 21.1 Å². The molecular formula is C28H25ClFNO4. The van der Waals surface area contributed by atoms with Gasteiger partial charge in [-0.05, 0) is 35.8 Å². The van der Waals surface area contributed by atoms with Crippen molar-refractivity contribution in [2.75, 3.05) is 26.2 Å². The van der Waals surface area contributed by atoms with E-state index in [1.165, 1.54) is 6.07 Å². The van der Waals surface area contributed by atoms with Gasteiger partial charge in [0, 0.05) is 42.4 Å². The largest absolute Gasteiger partial charge is 0.489 e. The fraction of sp³-hybridized carbons (Fsp3) is 0.250. The molecule has 2 heterocycles. The van der Waals surface area contributed by atoms with Crippen LogP contribution in [0.2, 0.25) is 5.02 Å². The summed E-state index contributed by atoms with van der Waals surface area (Å²) < 4.78 is 26.5. The number of carbonyl (C=O) groups is 1. The number of carboxylic acid groups (broad SMARTS) is 1. The Bertz CT molecular complexity index is 1300. The van der Waals surface area contributed by atoms with Gasteiger partial charge in [-0.2, -0.15) is 0 Å². The van der Waals surface area contributed by atoms with Crippen molar-refractivity contribution in [3.8, 4) is 22.6 Å². The normalized spacial score (nSPS) is 16.5. The molecule has 0 aliphatic carbocycles. The van der Waals surface area contributed by atoms with Gasteiger partial charge in [-0.3, -0.25) is 9.69 Å². The molecule has 3 aromatic rings. The number of rotatable bonds is 7. The molecule has 5 nitrogen and oxygen atoms in total. The highest BCUT2D eigenvalue weighted by Gasteiger charge is 2.45. The lowest BCUT2D eigenvalue weighted by molar-refractivity contribution is -0.158. The molecule has 7 heteroatoms. The van der Waals surface area contributed by atoms with Gasteiger partial charge in [-0.25, -0.2) is 4.39 Å². The van der Waals surface area contributed by atoms with Gasteiger partial charge in [0.25, 0.3) is 0 Å². The molecule has 0 spiro atoms. The van der Waals surface area contributed by atoms with Crippen molar-refractivity contribution in [1.82, 2.24) is 4.90 Å². The SMILES string of the molecule is CC1(C(=O)O)CN(CC2=Cc3c(F)cc(OCc4ccc(-c5ccccc5)c(Cl)c4)cc3OC2)C1. The van der Waals surface area contributed by atoms with Crippen LogP contribution in [0.25, 0.3) is 17.2 Å². The third kappa shape index (κ3) is 4.90. The van der Waals surface area contributed by atoms with Gasteiger partial charge in [0.15, 0.2) is 0 Å². The number of halogens is 2. The Kier molecular flexibility index (Phi) is 6.26. The quantitative estimate of drug-likeness (QED) is 0.443. The van der Waals surface area contributed by atoms with Crippen molar-refractivity contribution in [3.05, 3.63) is 88.2 Å². The number of carboxylic acids is 1. The molecule has 1 N–H and O–H groups in total. The molecule has 1 saturated heterocycles. The average molecular weight is 494 g/mol. The van der Waals surface area contributed by atoms with Gasteiger partial charge < -0.3 is 14.6 Å². The number of aliphatic carboxylic acids is 1. The number of hydrogen-bond donors (Lipinski definition) is 1. The first-order valence-electron chi connectivity index (χ1n) is 11.4. The van der Waals surface area contributed by atoms with Crippen LogP contribution in [-0.2, 0) is 11.4 Å². The number of likely N-dealkylation sites (tertiary alicyclic amines) is 1. The van der Waals surface area contributed by atoms with Crippen LogP contribution in [0.3, 0.4) is 0 Å². The monoisotopic (exact) mass is 493 g/mol. The third-order valence-corrected chi connectivity index (χ3v) is 6.75. The van der Waals surface area contributed by atoms with Crippen LogP contribution in [0.4, 0.5) is 4.39 Å². The molecule has 0 saturated carbocycles. The minimum atomic E-state index is -0.791. The maximum absolute atomic E-state index is 14.9. The van der Waals surface area contributed by atoms with Crippen molar-refractivity contribution in [3.63, 3.8) is 0 Å². The predicted octanol–water partition coefficient (Wildman–Crippen LogP) is 5.91. The highest BCUT2D eigenvalue weighted by molar-refractivity contribution is 6.33. The first-order valence-corrected chi connectivity index (χ1v) is 11.8. The molecule has 0 bridgehead atoms. The maximum atomic E-state index is 14.9. The maximum Gasteiger partial charge on any atom is 0.311 e. The second kappa shape index (κ2) is 9.36. The lowest BCUT2D eigenvalue weighted by Gasteiger charge is -2.45. The Hall–Kier alpha value is -3.35. The van der Waals surface area contributed by atoms with Crippen LogP contribution in [-0.4, -0.2) is 42.2 Å². The molecule has 0 amide bonds. The number of hydrogen-bond acceptors (Lipinski definition) is 4. The molecular weight excluding hydrogens is 469 g/mol. The Balaban J connectivity index is 1.24. The molecule has 5 rings (SSSR count). The van der Waals surface area contributed by atoms with Gasteiger partial charge in [0.1, 0.15) is 30.5 Å². The van der Waals surface area contributed by atoms with Crippen LogP contribution < -0.4 is 9.47 Å². The van der Waals surface area contributed by atoms with Crippen molar-refractivity contribution in [2.24, 2.45) is 5.41 Å². The first kappa shape index (κ1) is 23.4. The van der Waals surface area contributed by atoms with E-state index >= 15 is 0 Å². The van der Waals surface area contributed by atoms with Crippen LogP contribution in [0.5, 0.6) is 11.5 Å². The number of benzene rings is 3. The minimum absolute atomic E-state index is 0.241. The van der Waals surface area contributed by atoms with Crippen LogP contribution in [0, 0.1) is 11.2 Å². The van der Waals surface area contributed by atoms with Crippen molar-refractivity contribution >= 4 is 23.6 Å². The standard InChI is InChI=1S/C28H25ClFNO4/c1-28(27(32)33)16-31(17-28)13-19-9-23-25(30)11-21(12-26(23)35-15-19)34-14-18-7-8-22(24(29)10-18)20-5-3-2-4-6-20/h2-12H,13-17H2,1H3,(H,32,33). The Labute approximate surface area is 208 Å². The van der Waals surface area contributed by atoms with E-state index in [-0.39, 0.29) is 6.61 Å².